The molecule has 1 N–H and O–H groups in total. The second kappa shape index (κ2) is 9.05. The summed E-state index contributed by atoms with van der Waals surface area (Å²) in [6, 6.07) is 15.6. The van der Waals surface area contributed by atoms with Gasteiger partial charge in [-0.15, -0.1) is 11.3 Å². The van der Waals surface area contributed by atoms with E-state index in [4.69, 9.17) is 4.74 Å². The predicted octanol–water partition coefficient (Wildman–Crippen LogP) is 4.06. The molecule has 1 aromatic heterocycles. The number of fused-ring (bicyclic) bond motifs is 1. The summed E-state index contributed by atoms with van der Waals surface area (Å²) in [5.74, 6) is 0.358. The van der Waals surface area contributed by atoms with Crippen LogP contribution in [0.4, 0.5) is 0 Å². The molecule has 2 unspecified atom stereocenters. The van der Waals surface area contributed by atoms with Crippen LogP contribution in [0, 0.1) is 6.92 Å². The van der Waals surface area contributed by atoms with Crippen molar-refractivity contribution in [3.8, 4) is 5.75 Å². The van der Waals surface area contributed by atoms with Crippen molar-refractivity contribution in [1.29, 1.82) is 0 Å². The Morgan fingerprint density at radius 2 is 1.91 bits per heavy atom. The molecule has 0 radical (unpaired) electrons. The van der Waals surface area contributed by atoms with Gasteiger partial charge in [0.25, 0.3) is 10.0 Å². The first-order chi connectivity index (χ1) is 15.3. The molecular formula is C24H26N2O4S2. The Balaban J connectivity index is 1.66. The van der Waals surface area contributed by atoms with Crippen LogP contribution in [0.1, 0.15) is 35.2 Å². The fraction of sp³-hybridized carbons (Fsp3) is 0.292. The zero-order valence-electron chi connectivity index (χ0n) is 18.2. The topological polar surface area (TPSA) is 75.7 Å². The highest BCUT2D eigenvalue weighted by atomic mass is 32.2. The molecule has 32 heavy (non-hydrogen) atoms. The van der Waals surface area contributed by atoms with Gasteiger partial charge in [-0.3, -0.25) is 4.79 Å². The number of aryl methyl sites for hydroxylation is 1. The minimum atomic E-state index is -3.81. The second-order valence-electron chi connectivity index (χ2n) is 7.95. The number of methoxy groups -OCH3 is 1. The highest BCUT2D eigenvalue weighted by Gasteiger charge is 2.40. The van der Waals surface area contributed by atoms with Gasteiger partial charge in [-0.1, -0.05) is 48.0 Å². The van der Waals surface area contributed by atoms with E-state index in [9.17, 15) is 13.2 Å². The van der Waals surface area contributed by atoms with E-state index < -0.39 is 16.1 Å². The highest BCUT2D eigenvalue weighted by Crippen LogP contribution is 2.32. The summed E-state index contributed by atoms with van der Waals surface area (Å²) >= 11 is 1.16. The van der Waals surface area contributed by atoms with E-state index in [1.165, 1.54) is 4.31 Å². The number of benzene rings is 2. The number of hydrogen-bond donors (Lipinski definition) is 1. The number of nitrogens with one attached hydrogen (secondary N) is 1. The Hall–Kier alpha value is -2.68. The average Bonchev–Trinajstić information content (AvgIpc) is 3.34. The minimum absolute atomic E-state index is 0.163. The molecule has 168 valence electrons. The maximum absolute atomic E-state index is 13.4. The van der Waals surface area contributed by atoms with Crippen LogP contribution >= 0.6 is 11.3 Å². The molecule has 1 aliphatic rings. The molecule has 4 rings (SSSR count). The first kappa shape index (κ1) is 22.5. The van der Waals surface area contributed by atoms with Gasteiger partial charge in [0.1, 0.15) is 16.0 Å². The van der Waals surface area contributed by atoms with Gasteiger partial charge in [-0.2, -0.15) is 4.31 Å². The summed E-state index contributed by atoms with van der Waals surface area (Å²) in [5, 5.41) is 4.75. The number of ether oxygens (including phenoxy) is 1. The minimum Gasteiger partial charge on any atom is -0.496 e. The van der Waals surface area contributed by atoms with Crippen LogP contribution in [0.25, 0.3) is 0 Å². The van der Waals surface area contributed by atoms with Crippen LogP contribution in [0.2, 0.25) is 0 Å². The number of hydrogen-bond acceptors (Lipinski definition) is 5. The van der Waals surface area contributed by atoms with Gasteiger partial charge in [0.05, 0.1) is 13.2 Å². The zero-order valence-corrected chi connectivity index (χ0v) is 19.9. The molecule has 0 saturated carbocycles. The van der Waals surface area contributed by atoms with Gasteiger partial charge in [0.2, 0.25) is 5.91 Å². The normalized spacial score (nSPS) is 17.4. The Kier molecular flexibility index (Phi) is 6.37. The summed E-state index contributed by atoms with van der Waals surface area (Å²) in [6.07, 6.45) is 0.324. The third-order valence-electron chi connectivity index (χ3n) is 5.78. The molecule has 2 heterocycles. The summed E-state index contributed by atoms with van der Waals surface area (Å²) in [6.45, 7) is 4.02. The fourth-order valence-electron chi connectivity index (χ4n) is 4.08. The second-order valence-corrected chi connectivity index (χ2v) is 11.0. The lowest BCUT2D eigenvalue weighted by Gasteiger charge is -2.35. The molecule has 0 saturated heterocycles. The fourth-order valence-corrected chi connectivity index (χ4v) is 6.77. The third-order valence-corrected chi connectivity index (χ3v) is 9.00. The van der Waals surface area contributed by atoms with E-state index in [1.807, 2.05) is 56.3 Å². The van der Waals surface area contributed by atoms with Crippen LogP contribution in [-0.4, -0.2) is 31.8 Å². The van der Waals surface area contributed by atoms with E-state index in [1.54, 1.807) is 24.6 Å². The van der Waals surface area contributed by atoms with Crippen LogP contribution < -0.4 is 10.1 Å². The van der Waals surface area contributed by atoms with Crippen molar-refractivity contribution in [2.45, 2.75) is 43.1 Å². The number of sulfonamides is 1. The summed E-state index contributed by atoms with van der Waals surface area (Å²) < 4.78 is 33.9. The lowest BCUT2D eigenvalue weighted by atomic mass is 9.95. The largest absolute Gasteiger partial charge is 0.496 e. The van der Waals surface area contributed by atoms with Gasteiger partial charge < -0.3 is 10.1 Å². The van der Waals surface area contributed by atoms with Crippen LogP contribution in [0.15, 0.2) is 64.2 Å². The summed E-state index contributed by atoms with van der Waals surface area (Å²) in [4.78, 5) is 13.4. The van der Waals surface area contributed by atoms with E-state index in [2.05, 4.69) is 5.32 Å². The van der Waals surface area contributed by atoms with Crippen molar-refractivity contribution in [3.05, 3.63) is 82.2 Å². The maximum atomic E-state index is 13.4. The molecule has 2 atom stereocenters. The van der Waals surface area contributed by atoms with Crippen LogP contribution in [0.3, 0.4) is 0 Å². The molecule has 6 nitrogen and oxygen atoms in total. The standard InChI is InChI=1S/C24H26N2O4S2/c1-16-10-11-22(30-3)20(13-16)17(2)25-24(27)21-14-18-7-4-5-8-19(18)15-26(21)32(28,29)23-9-6-12-31-23/h4-13,17,21H,14-15H2,1-3H3,(H,25,27). The SMILES string of the molecule is COc1ccc(C)cc1C(C)NC(=O)C1Cc2ccccc2CN1S(=O)(=O)c1cccs1. The molecule has 0 bridgehead atoms. The van der Waals surface area contributed by atoms with E-state index >= 15 is 0 Å². The number of nitrogens with zero attached hydrogens (tertiary/aromatic N) is 1. The van der Waals surface area contributed by atoms with Crippen LogP contribution in [-0.2, 0) is 27.8 Å². The van der Waals surface area contributed by atoms with Gasteiger partial charge in [0, 0.05) is 12.1 Å². The quantitative estimate of drug-likeness (QED) is 0.590. The molecule has 2 aromatic carbocycles. The zero-order chi connectivity index (χ0) is 22.9. The number of thiophene rings is 1. The first-order valence-corrected chi connectivity index (χ1v) is 12.7. The Labute approximate surface area is 192 Å². The van der Waals surface area contributed by atoms with Crippen molar-refractivity contribution in [2.75, 3.05) is 7.11 Å². The number of rotatable bonds is 6. The van der Waals surface area contributed by atoms with Gasteiger partial charge >= 0.3 is 0 Å². The van der Waals surface area contributed by atoms with Gasteiger partial charge in [0.15, 0.2) is 0 Å². The number of amides is 1. The molecule has 0 fully saturated rings. The third kappa shape index (κ3) is 4.30. The molecule has 8 heteroatoms. The van der Waals surface area contributed by atoms with Gasteiger partial charge in [-0.25, -0.2) is 8.42 Å². The molecular weight excluding hydrogens is 444 g/mol. The van der Waals surface area contributed by atoms with Gasteiger partial charge in [-0.05, 0) is 48.9 Å². The number of carbonyl (C=O) groups is 1. The first-order valence-electron chi connectivity index (χ1n) is 10.4. The lowest BCUT2D eigenvalue weighted by Crippen LogP contribution is -2.52. The van der Waals surface area contributed by atoms with E-state index in [0.29, 0.717) is 12.2 Å². The molecule has 1 amide bonds. The number of carbonyl (C=O) groups excluding carboxylic acids is 1. The van der Waals surface area contributed by atoms with Crippen molar-refractivity contribution in [3.63, 3.8) is 0 Å². The van der Waals surface area contributed by atoms with Crippen molar-refractivity contribution >= 4 is 27.3 Å². The molecule has 0 spiro atoms. The van der Waals surface area contributed by atoms with E-state index in [-0.39, 0.29) is 22.7 Å². The molecule has 0 aliphatic carbocycles. The van der Waals surface area contributed by atoms with Crippen molar-refractivity contribution in [2.24, 2.45) is 0 Å². The van der Waals surface area contributed by atoms with Crippen molar-refractivity contribution < 1.29 is 17.9 Å². The molecule has 3 aromatic rings. The summed E-state index contributed by atoms with van der Waals surface area (Å²) in [7, 11) is -2.22. The smallest absolute Gasteiger partial charge is 0.253 e. The Morgan fingerprint density at radius 3 is 2.59 bits per heavy atom. The van der Waals surface area contributed by atoms with Crippen LogP contribution in [0.5, 0.6) is 5.75 Å². The highest BCUT2D eigenvalue weighted by molar-refractivity contribution is 7.91. The van der Waals surface area contributed by atoms with Crippen molar-refractivity contribution in [1.82, 2.24) is 9.62 Å². The Bertz CT molecular complexity index is 1220. The average molecular weight is 471 g/mol. The summed E-state index contributed by atoms with van der Waals surface area (Å²) in [5.41, 5.74) is 3.82. The lowest BCUT2D eigenvalue weighted by molar-refractivity contribution is -0.125. The monoisotopic (exact) mass is 470 g/mol. The maximum Gasteiger partial charge on any atom is 0.253 e. The van der Waals surface area contributed by atoms with E-state index in [0.717, 1.165) is 33.6 Å². The Morgan fingerprint density at radius 1 is 1.16 bits per heavy atom. The predicted molar refractivity (Wildman–Crippen MR) is 125 cm³/mol. The molecule has 1 aliphatic heterocycles.